The van der Waals surface area contributed by atoms with E-state index in [1.165, 1.54) is 23.1 Å². The van der Waals surface area contributed by atoms with Crippen molar-refractivity contribution in [2.45, 2.75) is 29.6 Å². The van der Waals surface area contributed by atoms with Crippen LogP contribution in [-0.4, -0.2) is 54.3 Å². The predicted octanol–water partition coefficient (Wildman–Crippen LogP) is 1.76. The molecule has 2 saturated heterocycles. The summed E-state index contributed by atoms with van der Waals surface area (Å²) in [4.78, 5) is 40.5. The first kappa shape index (κ1) is 20.1. The van der Waals surface area contributed by atoms with E-state index in [0.29, 0.717) is 37.6 Å². The summed E-state index contributed by atoms with van der Waals surface area (Å²) in [7, 11) is 0. The minimum atomic E-state index is -0.296. The van der Waals surface area contributed by atoms with E-state index in [9.17, 15) is 14.4 Å². The minimum Gasteiger partial charge on any atom is -0.379 e. The second kappa shape index (κ2) is 9.10. The standard InChI is InChI=1S/C19H22N4O4S2/c24-16-7-11(3-5-20-16)18(26)22-12-1-2-14-15(8-12)29-19(23-14)28-10-17(25)21-13-4-6-27-9-13/h1-2,8,11,13H,3-7,9-10H2,(H,20,24)(H,21,25)(H,22,26). The third-order valence-electron chi connectivity index (χ3n) is 4.88. The molecule has 4 rings (SSSR count). The number of nitrogens with zero attached hydrogens (tertiary/aromatic N) is 1. The van der Waals surface area contributed by atoms with Crippen LogP contribution in [0.4, 0.5) is 5.69 Å². The fourth-order valence-corrected chi connectivity index (χ4v) is 5.26. The van der Waals surface area contributed by atoms with Crippen LogP contribution in [0.3, 0.4) is 0 Å². The summed E-state index contributed by atoms with van der Waals surface area (Å²) in [6.07, 6.45) is 1.73. The van der Waals surface area contributed by atoms with E-state index in [1.54, 1.807) is 0 Å². The molecule has 1 aromatic heterocycles. The molecule has 0 aliphatic carbocycles. The number of carbonyl (C=O) groups excluding carboxylic acids is 3. The largest absolute Gasteiger partial charge is 0.379 e. The van der Waals surface area contributed by atoms with Crippen molar-refractivity contribution in [1.82, 2.24) is 15.6 Å². The average Bonchev–Trinajstić information content (AvgIpc) is 3.35. The van der Waals surface area contributed by atoms with Crippen LogP contribution in [-0.2, 0) is 19.1 Å². The van der Waals surface area contributed by atoms with Gasteiger partial charge in [-0.1, -0.05) is 11.8 Å². The number of anilines is 1. The van der Waals surface area contributed by atoms with E-state index >= 15 is 0 Å². The molecule has 0 radical (unpaired) electrons. The number of thioether (sulfide) groups is 1. The maximum absolute atomic E-state index is 12.4. The fraction of sp³-hybridized carbons (Fsp3) is 0.474. The van der Waals surface area contributed by atoms with Gasteiger partial charge in [-0.15, -0.1) is 11.3 Å². The number of fused-ring (bicyclic) bond motifs is 1. The summed E-state index contributed by atoms with van der Waals surface area (Å²) in [5.74, 6) is -0.222. The number of hydrogen-bond acceptors (Lipinski definition) is 7. The Morgan fingerprint density at radius 1 is 1.34 bits per heavy atom. The van der Waals surface area contributed by atoms with Crippen LogP contribution in [0.25, 0.3) is 10.2 Å². The molecule has 2 fully saturated rings. The molecular weight excluding hydrogens is 412 g/mol. The molecule has 0 spiro atoms. The zero-order valence-corrected chi connectivity index (χ0v) is 17.4. The number of aromatic nitrogens is 1. The molecule has 2 aliphatic heterocycles. The highest BCUT2D eigenvalue weighted by Crippen LogP contribution is 2.31. The zero-order valence-electron chi connectivity index (χ0n) is 15.7. The van der Waals surface area contributed by atoms with Gasteiger partial charge in [0.25, 0.3) is 0 Å². The van der Waals surface area contributed by atoms with Crippen LogP contribution < -0.4 is 16.0 Å². The number of piperidine rings is 1. The third-order valence-corrected chi connectivity index (χ3v) is 7.04. The molecule has 3 heterocycles. The molecule has 29 heavy (non-hydrogen) atoms. The maximum atomic E-state index is 12.4. The van der Waals surface area contributed by atoms with E-state index in [4.69, 9.17) is 4.74 Å². The van der Waals surface area contributed by atoms with E-state index in [2.05, 4.69) is 20.9 Å². The van der Waals surface area contributed by atoms with Gasteiger partial charge in [0.1, 0.15) is 0 Å². The van der Waals surface area contributed by atoms with E-state index in [-0.39, 0.29) is 36.1 Å². The topological polar surface area (TPSA) is 109 Å². The lowest BCUT2D eigenvalue weighted by Gasteiger charge is -2.21. The molecule has 0 bridgehead atoms. The van der Waals surface area contributed by atoms with Crippen LogP contribution in [0.2, 0.25) is 0 Å². The van der Waals surface area contributed by atoms with Crippen molar-refractivity contribution < 1.29 is 19.1 Å². The van der Waals surface area contributed by atoms with Gasteiger partial charge in [-0.3, -0.25) is 14.4 Å². The SMILES string of the molecule is O=C1CC(C(=O)Nc2ccc3nc(SCC(=O)NC4CCOC4)sc3c2)CCN1. The summed E-state index contributed by atoms with van der Waals surface area (Å²) < 4.78 is 7.01. The highest BCUT2D eigenvalue weighted by atomic mass is 32.2. The lowest BCUT2D eigenvalue weighted by molar-refractivity contribution is -0.129. The number of rotatable bonds is 6. The first-order chi connectivity index (χ1) is 14.1. The van der Waals surface area contributed by atoms with Gasteiger partial charge in [0.05, 0.1) is 28.6 Å². The van der Waals surface area contributed by atoms with Crippen molar-refractivity contribution in [1.29, 1.82) is 0 Å². The van der Waals surface area contributed by atoms with E-state index < -0.39 is 0 Å². The Bertz CT molecular complexity index is 926. The molecule has 8 nitrogen and oxygen atoms in total. The Kier molecular flexibility index (Phi) is 6.31. The Hall–Kier alpha value is -2.17. The first-order valence-electron chi connectivity index (χ1n) is 9.55. The molecular formula is C19H22N4O4S2. The van der Waals surface area contributed by atoms with Crippen LogP contribution >= 0.6 is 23.1 Å². The van der Waals surface area contributed by atoms with Crippen molar-refractivity contribution >= 4 is 56.7 Å². The Morgan fingerprint density at radius 3 is 3.03 bits per heavy atom. The van der Waals surface area contributed by atoms with Gasteiger partial charge in [0, 0.05) is 31.2 Å². The second-order valence-corrected chi connectivity index (χ2v) is 9.36. The number of nitrogens with one attached hydrogen (secondary N) is 3. The molecule has 3 amide bonds. The van der Waals surface area contributed by atoms with Gasteiger partial charge in [0.15, 0.2) is 4.34 Å². The van der Waals surface area contributed by atoms with E-state index in [0.717, 1.165) is 21.0 Å². The van der Waals surface area contributed by atoms with Gasteiger partial charge in [-0.2, -0.15) is 0 Å². The quantitative estimate of drug-likeness (QED) is 0.598. The lowest BCUT2D eigenvalue weighted by Crippen LogP contribution is -2.38. The summed E-state index contributed by atoms with van der Waals surface area (Å²) in [5, 5.41) is 8.60. The molecule has 0 saturated carbocycles. The molecule has 10 heteroatoms. The second-order valence-electron chi connectivity index (χ2n) is 7.11. The summed E-state index contributed by atoms with van der Waals surface area (Å²) in [6.45, 7) is 1.81. The molecule has 3 N–H and O–H groups in total. The van der Waals surface area contributed by atoms with Crippen LogP contribution in [0.5, 0.6) is 0 Å². The number of ether oxygens (including phenoxy) is 1. The summed E-state index contributed by atoms with van der Waals surface area (Å²) in [6, 6.07) is 5.66. The first-order valence-corrected chi connectivity index (χ1v) is 11.3. The number of carbonyl (C=O) groups is 3. The minimum absolute atomic E-state index is 0.0192. The van der Waals surface area contributed by atoms with Crippen molar-refractivity contribution in [3.63, 3.8) is 0 Å². The fourth-order valence-electron chi connectivity index (χ4n) is 3.34. The predicted molar refractivity (Wildman–Crippen MR) is 112 cm³/mol. The highest BCUT2D eigenvalue weighted by molar-refractivity contribution is 8.01. The molecule has 1 aromatic carbocycles. The monoisotopic (exact) mass is 434 g/mol. The van der Waals surface area contributed by atoms with Crippen molar-refractivity contribution in [2.75, 3.05) is 30.8 Å². The van der Waals surface area contributed by atoms with Crippen LogP contribution in [0, 0.1) is 5.92 Å². The van der Waals surface area contributed by atoms with Gasteiger partial charge < -0.3 is 20.7 Å². The number of thiazole rings is 1. The van der Waals surface area contributed by atoms with E-state index in [1.807, 2.05) is 18.2 Å². The average molecular weight is 435 g/mol. The third kappa shape index (κ3) is 5.26. The smallest absolute Gasteiger partial charge is 0.230 e. The Labute approximate surface area is 176 Å². The normalized spacial score (nSPS) is 21.7. The molecule has 154 valence electrons. The van der Waals surface area contributed by atoms with Gasteiger partial charge in [0.2, 0.25) is 17.7 Å². The van der Waals surface area contributed by atoms with Crippen molar-refractivity contribution in [3.8, 4) is 0 Å². The summed E-state index contributed by atoms with van der Waals surface area (Å²) in [5.41, 5.74) is 1.52. The molecule has 2 unspecified atom stereocenters. The highest BCUT2D eigenvalue weighted by Gasteiger charge is 2.25. The molecule has 2 atom stereocenters. The van der Waals surface area contributed by atoms with Crippen molar-refractivity contribution in [2.24, 2.45) is 5.92 Å². The van der Waals surface area contributed by atoms with Gasteiger partial charge in [-0.05, 0) is 31.0 Å². The van der Waals surface area contributed by atoms with Crippen LogP contribution in [0.15, 0.2) is 22.5 Å². The Balaban J connectivity index is 1.34. The van der Waals surface area contributed by atoms with Gasteiger partial charge >= 0.3 is 0 Å². The Morgan fingerprint density at radius 2 is 2.24 bits per heavy atom. The summed E-state index contributed by atoms with van der Waals surface area (Å²) >= 11 is 2.89. The lowest BCUT2D eigenvalue weighted by atomic mass is 9.96. The molecule has 2 aromatic rings. The number of amides is 3. The number of hydrogen-bond donors (Lipinski definition) is 3. The van der Waals surface area contributed by atoms with Crippen molar-refractivity contribution in [3.05, 3.63) is 18.2 Å². The zero-order chi connectivity index (χ0) is 20.2. The maximum Gasteiger partial charge on any atom is 0.230 e. The van der Waals surface area contributed by atoms with Gasteiger partial charge in [-0.25, -0.2) is 4.98 Å². The number of benzene rings is 1. The molecule has 2 aliphatic rings. The van der Waals surface area contributed by atoms with Crippen LogP contribution in [0.1, 0.15) is 19.3 Å².